The fraction of sp³-hybridized carbons (Fsp3) is 0.462. The minimum Gasteiger partial charge on any atom is -0.375 e. The summed E-state index contributed by atoms with van der Waals surface area (Å²) in [6, 6.07) is 5.14. The van der Waals surface area contributed by atoms with Crippen LogP contribution in [0.3, 0.4) is 0 Å². The van der Waals surface area contributed by atoms with Crippen molar-refractivity contribution in [3.63, 3.8) is 0 Å². The summed E-state index contributed by atoms with van der Waals surface area (Å²) in [5.41, 5.74) is 0. The van der Waals surface area contributed by atoms with Crippen molar-refractivity contribution in [2.45, 2.75) is 0 Å². The Bertz CT molecular complexity index is 458. The number of hydrogen-bond acceptors (Lipinski definition) is 4. The largest absolute Gasteiger partial charge is 0.375 e. The number of aromatic nitrogens is 1. The van der Waals surface area contributed by atoms with E-state index in [9.17, 15) is 9.59 Å². The number of nitrogens with one attached hydrogen (secondary N) is 1. The molecular weight excluding hydrogens is 260 g/mol. The molecule has 1 aliphatic rings. The summed E-state index contributed by atoms with van der Waals surface area (Å²) in [6.45, 7) is 2.15. The van der Waals surface area contributed by atoms with E-state index in [1.165, 1.54) is 7.11 Å². The third-order valence-electron chi connectivity index (χ3n) is 3.09. The van der Waals surface area contributed by atoms with Crippen molar-refractivity contribution in [2.75, 3.05) is 45.2 Å². The minimum atomic E-state index is -0.192. The first kappa shape index (κ1) is 14.3. The van der Waals surface area contributed by atoms with E-state index in [0.29, 0.717) is 32.0 Å². The van der Waals surface area contributed by atoms with Crippen LogP contribution in [0, 0.1) is 0 Å². The highest BCUT2D eigenvalue weighted by Crippen LogP contribution is 2.06. The van der Waals surface area contributed by atoms with Crippen LogP contribution in [0.2, 0.25) is 0 Å². The molecule has 1 fully saturated rings. The molecule has 1 aromatic rings. The summed E-state index contributed by atoms with van der Waals surface area (Å²) in [7, 11) is 1.49. The number of hydrogen-bond donors (Lipinski definition) is 1. The molecule has 3 amide bonds. The van der Waals surface area contributed by atoms with Gasteiger partial charge in [0.05, 0.1) is 0 Å². The molecule has 0 atom stereocenters. The van der Waals surface area contributed by atoms with Gasteiger partial charge in [0.1, 0.15) is 12.4 Å². The molecule has 2 rings (SSSR count). The Labute approximate surface area is 117 Å². The smallest absolute Gasteiger partial charge is 0.323 e. The lowest BCUT2D eigenvalue weighted by atomic mass is 10.3. The Kier molecular flexibility index (Phi) is 4.89. The number of methoxy groups -OCH3 is 1. The number of pyridine rings is 1. The van der Waals surface area contributed by atoms with Gasteiger partial charge in [0.25, 0.3) is 0 Å². The number of urea groups is 1. The quantitative estimate of drug-likeness (QED) is 0.868. The van der Waals surface area contributed by atoms with Crippen LogP contribution in [0.5, 0.6) is 0 Å². The number of nitrogens with zero attached hydrogens (tertiary/aromatic N) is 3. The first-order valence-electron chi connectivity index (χ1n) is 6.44. The topological polar surface area (TPSA) is 74.8 Å². The van der Waals surface area contributed by atoms with Crippen molar-refractivity contribution in [2.24, 2.45) is 0 Å². The highest BCUT2D eigenvalue weighted by Gasteiger charge is 2.23. The third kappa shape index (κ3) is 3.67. The predicted octanol–water partition coefficient (Wildman–Crippen LogP) is 0.404. The maximum absolute atomic E-state index is 12.0. The van der Waals surface area contributed by atoms with Gasteiger partial charge in [-0.25, -0.2) is 9.78 Å². The Morgan fingerprint density at radius 3 is 2.55 bits per heavy atom. The number of rotatable bonds is 3. The van der Waals surface area contributed by atoms with E-state index in [0.717, 1.165) is 0 Å². The average Bonchev–Trinajstić information content (AvgIpc) is 2.48. The lowest BCUT2D eigenvalue weighted by Crippen LogP contribution is -2.52. The molecule has 2 heterocycles. The van der Waals surface area contributed by atoms with Gasteiger partial charge in [0, 0.05) is 39.5 Å². The van der Waals surface area contributed by atoms with Crippen LogP contribution >= 0.6 is 0 Å². The number of carbonyl (C=O) groups excluding carboxylic acids is 2. The van der Waals surface area contributed by atoms with Crippen LogP contribution in [0.15, 0.2) is 24.4 Å². The second-order valence-corrected chi connectivity index (χ2v) is 4.45. The number of carbonyl (C=O) groups is 2. The third-order valence-corrected chi connectivity index (χ3v) is 3.09. The van der Waals surface area contributed by atoms with Gasteiger partial charge in [-0.1, -0.05) is 6.07 Å². The zero-order valence-corrected chi connectivity index (χ0v) is 11.4. The standard InChI is InChI=1S/C13H18N4O3/c1-20-10-12(18)16-6-8-17(9-7-16)13(19)15-11-4-2-3-5-14-11/h2-5H,6-10H2,1H3,(H,14,15,19). The lowest BCUT2D eigenvalue weighted by molar-refractivity contribution is -0.136. The van der Waals surface area contributed by atoms with Crippen LogP contribution in [-0.2, 0) is 9.53 Å². The molecule has 1 aromatic heterocycles. The van der Waals surface area contributed by atoms with E-state index < -0.39 is 0 Å². The summed E-state index contributed by atoms with van der Waals surface area (Å²) in [4.78, 5) is 31.1. The zero-order valence-electron chi connectivity index (χ0n) is 11.4. The molecular formula is C13H18N4O3. The normalized spacial score (nSPS) is 15.1. The number of ether oxygens (including phenoxy) is 1. The molecule has 0 aliphatic carbocycles. The molecule has 1 N–H and O–H groups in total. The van der Waals surface area contributed by atoms with Crippen molar-refractivity contribution < 1.29 is 14.3 Å². The fourth-order valence-electron chi connectivity index (χ4n) is 2.00. The molecule has 0 aromatic carbocycles. The van der Waals surface area contributed by atoms with E-state index in [1.54, 1.807) is 28.1 Å². The number of piperazine rings is 1. The van der Waals surface area contributed by atoms with Gasteiger partial charge in [0.15, 0.2) is 0 Å². The van der Waals surface area contributed by atoms with Gasteiger partial charge >= 0.3 is 6.03 Å². The summed E-state index contributed by atoms with van der Waals surface area (Å²) in [5.74, 6) is 0.479. The van der Waals surface area contributed by atoms with Gasteiger partial charge in [-0.15, -0.1) is 0 Å². The fourth-order valence-corrected chi connectivity index (χ4v) is 2.00. The summed E-state index contributed by atoms with van der Waals surface area (Å²) in [6.07, 6.45) is 1.62. The maximum atomic E-state index is 12.0. The van der Waals surface area contributed by atoms with Crippen molar-refractivity contribution in [3.8, 4) is 0 Å². The van der Waals surface area contributed by atoms with Crippen LogP contribution in [-0.4, -0.2) is 66.6 Å². The molecule has 0 bridgehead atoms. The van der Waals surface area contributed by atoms with Crippen LogP contribution in [0.1, 0.15) is 0 Å². The van der Waals surface area contributed by atoms with Gasteiger partial charge in [-0.05, 0) is 12.1 Å². The monoisotopic (exact) mass is 278 g/mol. The summed E-state index contributed by atoms with van der Waals surface area (Å²) in [5, 5.41) is 2.73. The van der Waals surface area contributed by atoms with E-state index >= 15 is 0 Å². The maximum Gasteiger partial charge on any atom is 0.323 e. The molecule has 108 valence electrons. The van der Waals surface area contributed by atoms with Crippen LogP contribution in [0.4, 0.5) is 10.6 Å². The zero-order chi connectivity index (χ0) is 14.4. The Morgan fingerprint density at radius 1 is 1.25 bits per heavy atom. The second kappa shape index (κ2) is 6.85. The molecule has 0 radical (unpaired) electrons. The molecule has 7 nitrogen and oxygen atoms in total. The SMILES string of the molecule is COCC(=O)N1CCN(C(=O)Nc2ccccn2)CC1. The minimum absolute atomic E-state index is 0.0442. The van der Waals surface area contributed by atoms with E-state index in [1.807, 2.05) is 6.07 Å². The highest BCUT2D eigenvalue weighted by atomic mass is 16.5. The van der Waals surface area contributed by atoms with Crippen molar-refractivity contribution in [1.29, 1.82) is 0 Å². The van der Waals surface area contributed by atoms with Gasteiger partial charge < -0.3 is 14.5 Å². The Morgan fingerprint density at radius 2 is 1.95 bits per heavy atom. The first-order chi connectivity index (χ1) is 9.70. The van der Waals surface area contributed by atoms with Crippen LogP contribution in [0.25, 0.3) is 0 Å². The summed E-state index contributed by atoms with van der Waals surface area (Å²) < 4.78 is 4.82. The second-order valence-electron chi connectivity index (χ2n) is 4.45. The molecule has 1 aliphatic heterocycles. The Balaban J connectivity index is 1.81. The van der Waals surface area contributed by atoms with Gasteiger partial charge in [0.2, 0.25) is 5.91 Å². The summed E-state index contributed by atoms with van der Waals surface area (Å²) >= 11 is 0. The van der Waals surface area contributed by atoms with Gasteiger partial charge in [-0.3, -0.25) is 10.1 Å². The lowest BCUT2D eigenvalue weighted by Gasteiger charge is -2.34. The molecule has 0 spiro atoms. The molecule has 20 heavy (non-hydrogen) atoms. The van der Waals surface area contributed by atoms with Crippen LogP contribution < -0.4 is 5.32 Å². The highest BCUT2D eigenvalue weighted by molar-refractivity contribution is 5.88. The van der Waals surface area contributed by atoms with Crippen molar-refractivity contribution >= 4 is 17.8 Å². The number of anilines is 1. The van der Waals surface area contributed by atoms with E-state index in [4.69, 9.17) is 4.74 Å². The van der Waals surface area contributed by atoms with E-state index in [2.05, 4.69) is 10.3 Å². The van der Waals surface area contributed by atoms with Gasteiger partial charge in [-0.2, -0.15) is 0 Å². The first-order valence-corrected chi connectivity index (χ1v) is 6.44. The molecule has 0 unspecified atom stereocenters. The van der Waals surface area contributed by atoms with E-state index in [-0.39, 0.29) is 18.5 Å². The van der Waals surface area contributed by atoms with Crippen molar-refractivity contribution in [3.05, 3.63) is 24.4 Å². The number of amides is 3. The molecule has 1 saturated heterocycles. The molecule has 0 saturated carbocycles. The molecule has 7 heteroatoms. The van der Waals surface area contributed by atoms with Crippen molar-refractivity contribution in [1.82, 2.24) is 14.8 Å². The Hall–Kier alpha value is -2.15. The predicted molar refractivity (Wildman–Crippen MR) is 73.3 cm³/mol. The average molecular weight is 278 g/mol.